The van der Waals surface area contributed by atoms with Crippen LogP contribution in [-0.2, 0) is 6.61 Å². The molecule has 0 heterocycles. The van der Waals surface area contributed by atoms with Gasteiger partial charge in [0.2, 0.25) is 0 Å². The van der Waals surface area contributed by atoms with Crippen molar-refractivity contribution in [2.45, 2.75) is 19.6 Å². The quantitative estimate of drug-likeness (QED) is 0.819. The molecule has 2 rings (SSSR count). The van der Waals surface area contributed by atoms with Crippen LogP contribution in [0.1, 0.15) is 24.1 Å². The molecule has 106 valence electrons. The fourth-order valence-electron chi connectivity index (χ4n) is 1.89. The van der Waals surface area contributed by atoms with E-state index in [0.717, 1.165) is 26.4 Å². The van der Waals surface area contributed by atoms with Crippen LogP contribution in [0.4, 0.5) is 0 Å². The van der Waals surface area contributed by atoms with E-state index in [4.69, 9.17) is 16.3 Å². The fourth-order valence-corrected chi connectivity index (χ4v) is 2.33. The summed E-state index contributed by atoms with van der Waals surface area (Å²) in [6, 6.07) is 14.0. The molecule has 0 saturated carbocycles. The maximum absolute atomic E-state index is 6.06. The summed E-state index contributed by atoms with van der Waals surface area (Å²) < 4.78 is 6.99. The third-order valence-corrected chi connectivity index (χ3v) is 3.94. The van der Waals surface area contributed by atoms with Crippen molar-refractivity contribution >= 4 is 27.5 Å². The highest BCUT2D eigenvalue weighted by molar-refractivity contribution is 9.10. The molecule has 0 aromatic heterocycles. The molecule has 4 heteroatoms. The van der Waals surface area contributed by atoms with Gasteiger partial charge in [0, 0.05) is 21.1 Å². The second-order valence-electron chi connectivity index (χ2n) is 4.61. The minimum atomic E-state index is 0.189. The minimum absolute atomic E-state index is 0.189. The number of halogens is 2. The van der Waals surface area contributed by atoms with Crippen LogP contribution >= 0.6 is 27.5 Å². The van der Waals surface area contributed by atoms with Crippen LogP contribution < -0.4 is 10.1 Å². The standard InChI is InChI=1S/C16H17BrClNO/c1-11(19-2)15-9-14(18)7-8-16(15)20-10-12-3-5-13(17)6-4-12/h3-9,11,19H,10H2,1-2H3. The lowest BCUT2D eigenvalue weighted by molar-refractivity contribution is 0.300. The summed E-state index contributed by atoms with van der Waals surface area (Å²) in [6.45, 7) is 2.62. The van der Waals surface area contributed by atoms with Crippen LogP contribution in [0.5, 0.6) is 5.75 Å². The summed E-state index contributed by atoms with van der Waals surface area (Å²) in [5, 5.41) is 3.93. The molecule has 0 fully saturated rings. The van der Waals surface area contributed by atoms with Crippen molar-refractivity contribution < 1.29 is 4.74 Å². The first kappa shape index (κ1) is 15.4. The lowest BCUT2D eigenvalue weighted by atomic mass is 10.1. The highest BCUT2D eigenvalue weighted by Crippen LogP contribution is 2.29. The number of hydrogen-bond acceptors (Lipinski definition) is 2. The SMILES string of the molecule is CNC(C)c1cc(Cl)ccc1OCc1ccc(Br)cc1. The van der Waals surface area contributed by atoms with Crippen molar-refractivity contribution in [3.63, 3.8) is 0 Å². The highest BCUT2D eigenvalue weighted by atomic mass is 79.9. The van der Waals surface area contributed by atoms with Crippen LogP contribution in [0.25, 0.3) is 0 Å². The summed E-state index contributed by atoms with van der Waals surface area (Å²) in [5.41, 5.74) is 2.20. The van der Waals surface area contributed by atoms with Gasteiger partial charge in [0.1, 0.15) is 12.4 Å². The van der Waals surface area contributed by atoms with Gasteiger partial charge in [-0.1, -0.05) is 39.7 Å². The maximum Gasteiger partial charge on any atom is 0.124 e. The van der Waals surface area contributed by atoms with Crippen LogP contribution in [0, 0.1) is 0 Å². The summed E-state index contributed by atoms with van der Waals surface area (Å²) in [4.78, 5) is 0. The molecular weight excluding hydrogens is 338 g/mol. The third kappa shape index (κ3) is 3.98. The van der Waals surface area contributed by atoms with Crippen molar-refractivity contribution in [2.75, 3.05) is 7.05 Å². The Morgan fingerprint density at radius 1 is 1.20 bits per heavy atom. The second kappa shape index (κ2) is 7.11. The van der Waals surface area contributed by atoms with Crippen LogP contribution in [0.15, 0.2) is 46.9 Å². The Hall–Kier alpha value is -1.03. The van der Waals surface area contributed by atoms with E-state index < -0.39 is 0 Å². The average Bonchev–Trinajstić information content (AvgIpc) is 2.46. The van der Waals surface area contributed by atoms with E-state index in [1.54, 1.807) is 0 Å². The molecule has 2 nitrogen and oxygen atoms in total. The molecule has 1 atom stereocenters. The maximum atomic E-state index is 6.06. The molecule has 0 radical (unpaired) electrons. The molecule has 0 saturated heterocycles. The molecule has 2 aromatic carbocycles. The topological polar surface area (TPSA) is 21.3 Å². The molecule has 0 amide bonds. The van der Waals surface area contributed by atoms with Gasteiger partial charge >= 0.3 is 0 Å². The van der Waals surface area contributed by atoms with Gasteiger partial charge in [0.25, 0.3) is 0 Å². The van der Waals surface area contributed by atoms with E-state index >= 15 is 0 Å². The number of nitrogens with one attached hydrogen (secondary N) is 1. The molecule has 0 aliphatic rings. The predicted molar refractivity (Wildman–Crippen MR) is 87.4 cm³/mol. The molecular formula is C16H17BrClNO. The Bertz CT molecular complexity index is 571. The summed E-state index contributed by atoms with van der Waals surface area (Å²) in [6.07, 6.45) is 0. The van der Waals surface area contributed by atoms with Gasteiger partial charge < -0.3 is 10.1 Å². The third-order valence-electron chi connectivity index (χ3n) is 3.18. The molecule has 20 heavy (non-hydrogen) atoms. The largest absolute Gasteiger partial charge is 0.489 e. The van der Waals surface area contributed by atoms with Crippen molar-refractivity contribution in [3.8, 4) is 5.75 Å². The first-order valence-electron chi connectivity index (χ1n) is 6.44. The zero-order valence-corrected chi connectivity index (χ0v) is 13.8. The van der Waals surface area contributed by atoms with E-state index in [1.165, 1.54) is 0 Å². The minimum Gasteiger partial charge on any atom is -0.489 e. The molecule has 0 aliphatic heterocycles. The average molecular weight is 355 g/mol. The normalized spacial score (nSPS) is 12.2. The highest BCUT2D eigenvalue weighted by Gasteiger charge is 2.11. The Morgan fingerprint density at radius 2 is 1.90 bits per heavy atom. The summed E-state index contributed by atoms with van der Waals surface area (Å²) in [7, 11) is 1.92. The van der Waals surface area contributed by atoms with Crippen molar-refractivity contribution in [1.82, 2.24) is 5.32 Å². The molecule has 1 N–H and O–H groups in total. The van der Waals surface area contributed by atoms with Crippen LogP contribution in [0.3, 0.4) is 0 Å². The Balaban J connectivity index is 2.14. The van der Waals surface area contributed by atoms with Crippen molar-refractivity contribution in [3.05, 3.63) is 63.1 Å². The lowest BCUT2D eigenvalue weighted by Gasteiger charge is -2.17. The zero-order valence-electron chi connectivity index (χ0n) is 11.5. The van der Waals surface area contributed by atoms with E-state index in [2.05, 4.69) is 28.2 Å². The second-order valence-corrected chi connectivity index (χ2v) is 5.96. The van der Waals surface area contributed by atoms with E-state index in [0.29, 0.717) is 6.61 Å². The number of hydrogen-bond donors (Lipinski definition) is 1. The number of benzene rings is 2. The van der Waals surface area contributed by atoms with Gasteiger partial charge in [-0.05, 0) is 49.9 Å². The molecule has 1 unspecified atom stereocenters. The number of ether oxygens (including phenoxy) is 1. The smallest absolute Gasteiger partial charge is 0.124 e. The van der Waals surface area contributed by atoms with E-state index in [-0.39, 0.29) is 6.04 Å². The Labute approximate surface area is 133 Å². The first-order chi connectivity index (χ1) is 9.60. The molecule has 2 aromatic rings. The van der Waals surface area contributed by atoms with Gasteiger partial charge in [0.15, 0.2) is 0 Å². The van der Waals surface area contributed by atoms with Gasteiger partial charge in [-0.3, -0.25) is 0 Å². The monoisotopic (exact) mass is 353 g/mol. The van der Waals surface area contributed by atoms with Gasteiger partial charge in [-0.25, -0.2) is 0 Å². The van der Waals surface area contributed by atoms with E-state index in [9.17, 15) is 0 Å². The number of rotatable bonds is 5. The first-order valence-corrected chi connectivity index (χ1v) is 7.61. The van der Waals surface area contributed by atoms with Gasteiger partial charge in [0.05, 0.1) is 0 Å². The van der Waals surface area contributed by atoms with Crippen molar-refractivity contribution in [1.29, 1.82) is 0 Å². The predicted octanol–water partition coefficient (Wildman–Crippen LogP) is 4.96. The lowest BCUT2D eigenvalue weighted by Crippen LogP contribution is -2.13. The van der Waals surface area contributed by atoms with Gasteiger partial charge in [-0.15, -0.1) is 0 Å². The van der Waals surface area contributed by atoms with Crippen LogP contribution in [-0.4, -0.2) is 7.05 Å². The van der Waals surface area contributed by atoms with E-state index in [1.807, 2.05) is 49.5 Å². The Morgan fingerprint density at radius 3 is 2.55 bits per heavy atom. The molecule has 0 aliphatic carbocycles. The summed E-state index contributed by atoms with van der Waals surface area (Å²) in [5.74, 6) is 0.860. The zero-order chi connectivity index (χ0) is 14.5. The van der Waals surface area contributed by atoms with Gasteiger partial charge in [-0.2, -0.15) is 0 Å². The summed E-state index contributed by atoms with van der Waals surface area (Å²) >= 11 is 9.49. The Kier molecular flexibility index (Phi) is 5.46. The van der Waals surface area contributed by atoms with Crippen LogP contribution in [0.2, 0.25) is 5.02 Å². The van der Waals surface area contributed by atoms with Crippen molar-refractivity contribution in [2.24, 2.45) is 0 Å². The molecule has 0 spiro atoms. The fraction of sp³-hybridized carbons (Fsp3) is 0.250. The molecule has 0 bridgehead atoms.